The Hall–Kier alpha value is -0.900. The van der Waals surface area contributed by atoms with Gasteiger partial charge in [0.2, 0.25) is 6.08 Å². The summed E-state index contributed by atoms with van der Waals surface area (Å²) in [7, 11) is 0. The lowest BCUT2D eigenvalue weighted by molar-refractivity contribution is -0.133. The molecule has 0 aliphatic carbocycles. The van der Waals surface area contributed by atoms with Crippen LogP contribution >= 0.6 is 0 Å². The third kappa shape index (κ3) is 11.2. The third-order valence-corrected chi connectivity index (χ3v) is 1.58. The maximum Gasteiger partial charge on any atom is 0.307 e. The topological polar surface area (TPSA) is 29.4 Å². The second-order valence-electron chi connectivity index (χ2n) is 3.14. The molecule has 0 rings (SSSR count). The standard InChI is InChI=1S/C6H10F4.C4H7NO/c1-2-3-4-6(9,10)5(7)8;1-2-3-5-4-6/h5H,2-4H2,1H3;2-3H2,1H3. The molecule has 0 aliphatic heterocycles. The van der Waals surface area contributed by atoms with Crippen molar-refractivity contribution in [3.63, 3.8) is 0 Å². The van der Waals surface area contributed by atoms with E-state index in [1.165, 1.54) is 6.08 Å². The zero-order chi connectivity index (χ0) is 13.0. The molecule has 0 fully saturated rings. The van der Waals surface area contributed by atoms with Crippen molar-refractivity contribution in [2.45, 2.75) is 51.9 Å². The fourth-order valence-corrected chi connectivity index (χ4v) is 0.679. The van der Waals surface area contributed by atoms with E-state index in [-0.39, 0.29) is 6.42 Å². The van der Waals surface area contributed by atoms with Gasteiger partial charge in [-0.1, -0.05) is 20.3 Å². The normalized spacial score (nSPS) is 10.4. The van der Waals surface area contributed by atoms with Crippen LogP contribution in [0.4, 0.5) is 17.6 Å². The van der Waals surface area contributed by atoms with Gasteiger partial charge in [-0.2, -0.15) is 0 Å². The van der Waals surface area contributed by atoms with Gasteiger partial charge in [-0.3, -0.25) is 0 Å². The number of alkyl halides is 4. The van der Waals surface area contributed by atoms with Crippen LogP contribution in [-0.2, 0) is 4.79 Å². The van der Waals surface area contributed by atoms with Crippen LogP contribution in [0.2, 0.25) is 0 Å². The van der Waals surface area contributed by atoms with Gasteiger partial charge in [0, 0.05) is 6.42 Å². The summed E-state index contributed by atoms with van der Waals surface area (Å²) >= 11 is 0. The highest BCUT2D eigenvalue weighted by atomic mass is 19.3. The molecule has 0 spiro atoms. The molecule has 0 saturated carbocycles. The third-order valence-electron chi connectivity index (χ3n) is 1.58. The van der Waals surface area contributed by atoms with E-state index in [0.29, 0.717) is 13.0 Å². The van der Waals surface area contributed by atoms with Gasteiger partial charge < -0.3 is 0 Å². The molecule has 0 aliphatic rings. The molecule has 0 heterocycles. The Balaban J connectivity index is 0. The van der Waals surface area contributed by atoms with Gasteiger partial charge in [-0.25, -0.2) is 27.3 Å². The lowest BCUT2D eigenvalue weighted by Crippen LogP contribution is -2.25. The molecular weight excluding hydrogens is 226 g/mol. The minimum absolute atomic E-state index is 0.150. The molecule has 0 atom stereocenters. The molecule has 16 heavy (non-hydrogen) atoms. The summed E-state index contributed by atoms with van der Waals surface area (Å²) in [4.78, 5) is 12.6. The first-order valence-corrected chi connectivity index (χ1v) is 5.11. The van der Waals surface area contributed by atoms with Crippen LogP contribution < -0.4 is 0 Å². The summed E-state index contributed by atoms with van der Waals surface area (Å²) in [5.41, 5.74) is 0. The van der Waals surface area contributed by atoms with Crippen molar-refractivity contribution >= 4 is 6.08 Å². The Morgan fingerprint density at radius 1 is 1.25 bits per heavy atom. The minimum Gasteiger partial charge on any atom is -0.211 e. The number of hydrogen-bond acceptors (Lipinski definition) is 2. The van der Waals surface area contributed by atoms with Crippen molar-refractivity contribution in [1.29, 1.82) is 0 Å². The van der Waals surface area contributed by atoms with E-state index in [1.807, 2.05) is 6.92 Å². The summed E-state index contributed by atoms with van der Waals surface area (Å²) in [6, 6.07) is 0. The Kier molecular flexibility index (Phi) is 11.6. The van der Waals surface area contributed by atoms with Crippen LogP contribution in [0.15, 0.2) is 4.99 Å². The predicted octanol–water partition coefficient (Wildman–Crippen LogP) is 3.81. The lowest BCUT2D eigenvalue weighted by Gasteiger charge is -2.13. The Labute approximate surface area is 92.7 Å². The first kappa shape index (κ1) is 17.5. The van der Waals surface area contributed by atoms with Gasteiger partial charge in [0.25, 0.3) is 0 Å². The van der Waals surface area contributed by atoms with E-state index in [4.69, 9.17) is 0 Å². The molecule has 0 saturated heterocycles. The van der Waals surface area contributed by atoms with Crippen LogP contribution in [0.5, 0.6) is 0 Å². The number of isocyanates is 1. The van der Waals surface area contributed by atoms with E-state index >= 15 is 0 Å². The Morgan fingerprint density at radius 3 is 2.06 bits per heavy atom. The number of halogens is 4. The van der Waals surface area contributed by atoms with Crippen LogP contribution in [0, 0.1) is 0 Å². The first-order chi connectivity index (χ1) is 7.42. The summed E-state index contributed by atoms with van der Waals surface area (Å²) in [6.07, 6.45) is -1.19. The van der Waals surface area contributed by atoms with Crippen LogP contribution in [0.25, 0.3) is 0 Å². The van der Waals surface area contributed by atoms with Gasteiger partial charge in [-0.05, 0) is 12.8 Å². The molecule has 0 aromatic rings. The summed E-state index contributed by atoms with van der Waals surface area (Å²) < 4.78 is 46.7. The zero-order valence-electron chi connectivity index (χ0n) is 9.48. The maximum absolute atomic E-state index is 12.0. The van der Waals surface area contributed by atoms with E-state index in [1.54, 1.807) is 6.92 Å². The Bertz CT molecular complexity index is 203. The quantitative estimate of drug-likeness (QED) is 0.396. The molecule has 0 N–H and O–H groups in total. The molecule has 0 amide bonds. The van der Waals surface area contributed by atoms with Crippen LogP contribution in [0.3, 0.4) is 0 Å². The van der Waals surface area contributed by atoms with Gasteiger partial charge in [0.15, 0.2) is 0 Å². The van der Waals surface area contributed by atoms with Crippen molar-refractivity contribution < 1.29 is 22.4 Å². The Morgan fingerprint density at radius 2 is 1.81 bits per heavy atom. The van der Waals surface area contributed by atoms with Gasteiger partial charge in [0.1, 0.15) is 0 Å². The van der Waals surface area contributed by atoms with Crippen molar-refractivity contribution in [2.75, 3.05) is 6.54 Å². The van der Waals surface area contributed by atoms with Crippen molar-refractivity contribution in [2.24, 2.45) is 4.99 Å². The number of unbranched alkanes of at least 4 members (excludes halogenated alkanes) is 1. The molecular formula is C10H17F4NO. The average Bonchev–Trinajstić information content (AvgIpc) is 2.24. The van der Waals surface area contributed by atoms with Gasteiger partial charge in [-0.15, -0.1) is 0 Å². The minimum atomic E-state index is -3.78. The number of carbonyl (C=O) groups excluding carboxylic acids is 1. The number of nitrogens with zero attached hydrogens (tertiary/aromatic N) is 1. The summed E-state index contributed by atoms with van der Waals surface area (Å²) in [5.74, 6) is -3.78. The van der Waals surface area contributed by atoms with Crippen molar-refractivity contribution in [3.8, 4) is 0 Å². The molecule has 2 nitrogen and oxygen atoms in total. The number of hydrogen-bond donors (Lipinski definition) is 0. The molecule has 0 radical (unpaired) electrons. The fraction of sp³-hybridized carbons (Fsp3) is 0.900. The highest BCUT2D eigenvalue weighted by Crippen LogP contribution is 2.28. The van der Waals surface area contributed by atoms with Crippen LogP contribution in [-0.4, -0.2) is 25.0 Å². The maximum atomic E-state index is 12.0. The highest BCUT2D eigenvalue weighted by Gasteiger charge is 2.39. The molecule has 6 heteroatoms. The highest BCUT2D eigenvalue weighted by molar-refractivity contribution is 5.32. The molecule has 0 unspecified atom stereocenters. The summed E-state index contributed by atoms with van der Waals surface area (Å²) in [6.45, 7) is 4.26. The first-order valence-electron chi connectivity index (χ1n) is 5.11. The fourth-order valence-electron chi connectivity index (χ4n) is 0.679. The monoisotopic (exact) mass is 243 g/mol. The van der Waals surface area contributed by atoms with E-state index in [0.717, 1.165) is 6.42 Å². The molecule has 0 aromatic heterocycles. The van der Waals surface area contributed by atoms with E-state index in [2.05, 4.69) is 4.99 Å². The number of rotatable bonds is 6. The smallest absolute Gasteiger partial charge is 0.211 e. The molecule has 96 valence electrons. The largest absolute Gasteiger partial charge is 0.307 e. The van der Waals surface area contributed by atoms with E-state index in [9.17, 15) is 22.4 Å². The van der Waals surface area contributed by atoms with Gasteiger partial charge >= 0.3 is 12.3 Å². The second-order valence-corrected chi connectivity index (χ2v) is 3.14. The summed E-state index contributed by atoms with van der Waals surface area (Å²) in [5, 5.41) is 0. The average molecular weight is 243 g/mol. The lowest BCUT2D eigenvalue weighted by atomic mass is 10.1. The SMILES string of the molecule is CCCCC(F)(F)C(F)F.CCCN=C=O. The number of aliphatic imine (C=N–C) groups is 1. The van der Waals surface area contributed by atoms with Crippen molar-refractivity contribution in [3.05, 3.63) is 0 Å². The predicted molar refractivity (Wildman–Crippen MR) is 53.8 cm³/mol. The van der Waals surface area contributed by atoms with Crippen molar-refractivity contribution in [1.82, 2.24) is 0 Å². The second kappa shape index (κ2) is 10.6. The molecule has 0 bridgehead atoms. The van der Waals surface area contributed by atoms with E-state index < -0.39 is 18.8 Å². The molecule has 0 aromatic carbocycles. The van der Waals surface area contributed by atoms with Gasteiger partial charge in [0.05, 0.1) is 6.54 Å². The van der Waals surface area contributed by atoms with Crippen LogP contribution in [0.1, 0.15) is 39.5 Å². The zero-order valence-corrected chi connectivity index (χ0v) is 9.48.